The Morgan fingerprint density at radius 3 is 2.88 bits per heavy atom. The van der Waals surface area contributed by atoms with E-state index in [0.29, 0.717) is 22.5 Å². The largest absolute Gasteiger partial charge is 0.418 e. The highest BCUT2D eigenvalue weighted by atomic mass is 35.5. The molecule has 0 spiro atoms. The second kappa shape index (κ2) is 4.59. The van der Waals surface area contributed by atoms with Crippen LogP contribution in [0.5, 0.6) is 0 Å². The monoisotopic (exact) mass is 238 g/mol. The van der Waals surface area contributed by atoms with Gasteiger partial charge in [-0.1, -0.05) is 18.5 Å². The fourth-order valence-electron chi connectivity index (χ4n) is 1.16. The van der Waals surface area contributed by atoms with Crippen LogP contribution in [-0.4, -0.2) is 15.2 Å². The van der Waals surface area contributed by atoms with E-state index in [2.05, 4.69) is 15.2 Å². The third kappa shape index (κ3) is 2.20. The average molecular weight is 239 g/mol. The summed E-state index contributed by atoms with van der Waals surface area (Å²) in [5.41, 5.74) is 6.36. The summed E-state index contributed by atoms with van der Waals surface area (Å²) in [7, 11) is 0. The van der Waals surface area contributed by atoms with E-state index in [-0.39, 0.29) is 6.04 Å². The first-order chi connectivity index (χ1) is 7.70. The lowest BCUT2D eigenvalue weighted by atomic mass is 10.2. The quantitative estimate of drug-likeness (QED) is 0.887. The van der Waals surface area contributed by atoms with Gasteiger partial charge in [0.15, 0.2) is 0 Å². The first-order valence-electron chi connectivity index (χ1n) is 4.91. The zero-order valence-electron chi connectivity index (χ0n) is 8.72. The van der Waals surface area contributed by atoms with Crippen molar-refractivity contribution in [1.82, 2.24) is 15.2 Å². The minimum atomic E-state index is -0.228. The molecule has 1 atom stereocenters. The molecule has 5 nitrogen and oxygen atoms in total. The van der Waals surface area contributed by atoms with E-state index in [9.17, 15) is 0 Å². The van der Waals surface area contributed by atoms with Crippen molar-refractivity contribution in [3.8, 4) is 11.6 Å². The first-order valence-corrected chi connectivity index (χ1v) is 5.29. The lowest BCUT2D eigenvalue weighted by molar-refractivity contribution is 0.452. The fraction of sp³-hybridized carbons (Fsp3) is 0.300. The highest BCUT2D eigenvalue weighted by molar-refractivity contribution is 6.30. The maximum atomic E-state index is 5.77. The Labute approximate surface area is 97.6 Å². The molecule has 0 radical (unpaired) electrons. The molecule has 1 unspecified atom stereocenters. The van der Waals surface area contributed by atoms with E-state index >= 15 is 0 Å². The Morgan fingerprint density at radius 1 is 1.44 bits per heavy atom. The van der Waals surface area contributed by atoms with Crippen LogP contribution in [0.1, 0.15) is 25.3 Å². The van der Waals surface area contributed by atoms with Crippen LogP contribution in [-0.2, 0) is 0 Å². The van der Waals surface area contributed by atoms with E-state index < -0.39 is 0 Å². The summed E-state index contributed by atoms with van der Waals surface area (Å²) in [5.74, 6) is 0.782. The van der Waals surface area contributed by atoms with E-state index in [1.807, 2.05) is 6.92 Å². The van der Waals surface area contributed by atoms with Crippen molar-refractivity contribution in [3.05, 3.63) is 29.2 Å². The van der Waals surface area contributed by atoms with Crippen molar-refractivity contribution < 1.29 is 4.42 Å². The van der Waals surface area contributed by atoms with Gasteiger partial charge in [0.2, 0.25) is 5.89 Å². The van der Waals surface area contributed by atoms with Crippen LogP contribution in [0.15, 0.2) is 22.7 Å². The van der Waals surface area contributed by atoms with Gasteiger partial charge in [0.25, 0.3) is 5.89 Å². The van der Waals surface area contributed by atoms with E-state index in [4.69, 9.17) is 21.8 Å². The van der Waals surface area contributed by atoms with Gasteiger partial charge >= 0.3 is 0 Å². The molecular formula is C10H11ClN4O. The zero-order chi connectivity index (χ0) is 11.5. The number of aromatic nitrogens is 3. The molecule has 16 heavy (non-hydrogen) atoms. The SMILES string of the molecule is CCC(N)c1nnc(-c2ccc(Cl)cn2)o1. The molecule has 0 aromatic carbocycles. The number of halogens is 1. The molecule has 2 aromatic heterocycles. The van der Waals surface area contributed by atoms with E-state index in [0.717, 1.165) is 6.42 Å². The summed E-state index contributed by atoms with van der Waals surface area (Å²) < 4.78 is 5.41. The molecule has 2 aromatic rings. The molecule has 2 N–H and O–H groups in total. The Balaban J connectivity index is 2.28. The fourth-order valence-corrected chi connectivity index (χ4v) is 1.28. The number of hydrogen-bond acceptors (Lipinski definition) is 5. The molecule has 0 aliphatic carbocycles. The molecule has 6 heteroatoms. The Hall–Kier alpha value is -1.46. The van der Waals surface area contributed by atoms with Crippen molar-refractivity contribution in [2.75, 3.05) is 0 Å². The maximum absolute atomic E-state index is 5.77. The normalized spacial score (nSPS) is 12.7. The van der Waals surface area contributed by atoms with Gasteiger partial charge in [-0.15, -0.1) is 10.2 Å². The van der Waals surface area contributed by atoms with Crippen LogP contribution < -0.4 is 5.73 Å². The first kappa shape index (κ1) is 11.0. The summed E-state index contributed by atoms with van der Waals surface area (Å²) in [5, 5.41) is 8.32. The molecule has 0 saturated heterocycles. The smallest absolute Gasteiger partial charge is 0.266 e. The van der Waals surface area contributed by atoms with Crippen LogP contribution in [0.25, 0.3) is 11.6 Å². The van der Waals surface area contributed by atoms with Gasteiger partial charge in [0, 0.05) is 6.20 Å². The van der Waals surface area contributed by atoms with Crippen molar-refractivity contribution in [1.29, 1.82) is 0 Å². The zero-order valence-corrected chi connectivity index (χ0v) is 9.48. The van der Waals surface area contributed by atoms with Crippen molar-refractivity contribution in [2.45, 2.75) is 19.4 Å². The molecule has 2 heterocycles. The van der Waals surface area contributed by atoms with Crippen molar-refractivity contribution in [3.63, 3.8) is 0 Å². The van der Waals surface area contributed by atoms with Crippen LogP contribution >= 0.6 is 11.6 Å². The maximum Gasteiger partial charge on any atom is 0.266 e. The van der Waals surface area contributed by atoms with E-state index in [1.165, 1.54) is 6.20 Å². The molecular weight excluding hydrogens is 228 g/mol. The standard InChI is InChI=1S/C10H11ClN4O/c1-2-7(12)9-14-15-10(16-9)8-4-3-6(11)5-13-8/h3-5,7H,2,12H2,1H3. The Bertz CT molecular complexity index is 468. The Kier molecular flexibility index (Phi) is 3.17. The summed E-state index contributed by atoms with van der Waals surface area (Å²) in [6, 6.07) is 3.21. The van der Waals surface area contributed by atoms with Gasteiger partial charge in [-0.25, -0.2) is 4.98 Å². The number of hydrogen-bond donors (Lipinski definition) is 1. The minimum absolute atomic E-state index is 0.228. The molecule has 0 bridgehead atoms. The third-order valence-corrected chi connectivity index (χ3v) is 2.37. The highest BCUT2D eigenvalue weighted by Crippen LogP contribution is 2.20. The topological polar surface area (TPSA) is 77.8 Å². The molecule has 0 aliphatic rings. The molecule has 2 rings (SSSR count). The molecule has 0 aliphatic heterocycles. The molecule has 84 valence electrons. The number of nitrogens with zero attached hydrogens (tertiary/aromatic N) is 3. The predicted molar refractivity (Wildman–Crippen MR) is 59.8 cm³/mol. The summed E-state index contributed by atoms with van der Waals surface area (Å²) in [6.07, 6.45) is 2.27. The highest BCUT2D eigenvalue weighted by Gasteiger charge is 2.14. The summed E-state index contributed by atoms with van der Waals surface area (Å²) in [6.45, 7) is 1.95. The second-order valence-electron chi connectivity index (χ2n) is 3.32. The van der Waals surface area contributed by atoms with Gasteiger partial charge in [-0.3, -0.25) is 0 Å². The number of rotatable bonds is 3. The number of pyridine rings is 1. The summed E-state index contributed by atoms with van der Waals surface area (Å²) >= 11 is 5.73. The van der Waals surface area contributed by atoms with Crippen LogP contribution in [0.2, 0.25) is 5.02 Å². The van der Waals surface area contributed by atoms with Gasteiger partial charge in [-0.2, -0.15) is 0 Å². The third-order valence-electron chi connectivity index (χ3n) is 2.14. The molecule has 0 amide bonds. The van der Waals surface area contributed by atoms with Gasteiger partial charge in [0.1, 0.15) is 5.69 Å². The van der Waals surface area contributed by atoms with Crippen molar-refractivity contribution >= 4 is 11.6 Å². The predicted octanol–water partition coefficient (Wildman–Crippen LogP) is 2.19. The lowest BCUT2D eigenvalue weighted by Crippen LogP contribution is -2.08. The van der Waals surface area contributed by atoms with Gasteiger partial charge < -0.3 is 10.2 Å². The minimum Gasteiger partial charge on any atom is -0.418 e. The van der Waals surface area contributed by atoms with Gasteiger partial charge in [-0.05, 0) is 18.6 Å². The van der Waals surface area contributed by atoms with Crippen LogP contribution in [0.3, 0.4) is 0 Å². The average Bonchev–Trinajstić information content (AvgIpc) is 2.78. The van der Waals surface area contributed by atoms with Crippen molar-refractivity contribution in [2.24, 2.45) is 5.73 Å². The molecule has 0 fully saturated rings. The summed E-state index contributed by atoms with van der Waals surface area (Å²) in [4.78, 5) is 4.08. The Morgan fingerprint density at radius 2 is 2.25 bits per heavy atom. The lowest BCUT2D eigenvalue weighted by Gasteiger charge is -2.00. The van der Waals surface area contributed by atoms with Crippen LogP contribution in [0.4, 0.5) is 0 Å². The number of nitrogens with two attached hydrogens (primary N) is 1. The second-order valence-corrected chi connectivity index (χ2v) is 3.76. The van der Waals surface area contributed by atoms with E-state index in [1.54, 1.807) is 12.1 Å². The molecule has 0 saturated carbocycles. The van der Waals surface area contributed by atoms with Gasteiger partial charge in [0.05, 0.1) is 11.1 Å². The van der Waals surface area contributed by atoms with Crippen LogP contribution in [0, 0.1) is 0 Å².